The molecule has 1 fully saturated rings. The van der Waals surface area contributed by atoms with Gasteiger partial charge >= 0.3 is 0 Å². The molecule has 1 aromatic rings. The second kappa shape index (κ2) is 4.43. The van der Waals surface area contributed by atoms with Crippen molar-refractivity contribution >= 4 is 15.7 Å². The van der Waals surface area contributed by atoms with Crippen molar-refractivity contribution in [3.63, 3.8) is 0 Å². The van der Waals surface area contributed by atoms with Crippen LogP contribution >= 0.6 is 0 Å². The third kappa shape index (κ3) is 3.21. The van der Waals surface area contributed by atoms with Gasteiger partial charge < -0.3 is 5.73 Å². The summed E-state index contributed by atoms with van der Waals surface area (Å²) in [6.07, 6.45) is 2.07. The van der Waals surface area contributed by atoms with Crippen LogP contribution < -0.4 is 10.5 Å². The fourth-order valence-electron chi connectivity index (χ4n) is 1.52. The Balaban J connectivity index is 2.01. The molecule has 0 spiro atoms. The van der Waals surface area contributed by atoms with E-state index in [1.165, 1.54) is 0 Å². The Morgan fingerprint density at radius 2 is 1.88 bits per heavy atom. The second-order valence-corrected chi connectivity index (χ2v) is 5.99. The average Bonchev–Trinajstić information content (AvgIpc) is 3.01. The minimum atomic E-state index is -3.17. The quantitative estimate of drug-likeness (QED) is 0.814. The lowest BCUT2D eigenvalue weighted by molar-refractivity contribution is 0.597. The van der Waals surface area contributed by atoms with Crippen LogP contribution in [0, 0.1) is 5.92 Å². The van der Waals surface area contributed by atoms with Crippen LogP contribution in [0.15, 0.2) is 24.3 Å². The fraction of sp³-hybridized carbons (Fsp3) is 0.455. The van der Waals surface area contributed by atoms with Gasteiger partial charge in [0.1, 0.15) is 0 Å². The summed E-state index contributed by atoms with van der Waals surface area (Å²) >= 11 is 0. The van der Waals surface area contributed by atoms with E-state index in [1.54, 1.807) is 12.1 Å². The monoisotopic (exact) mass is 240 g/mol. The lowest BCUT2D eigenvalue weighted by atomic mass is 10.2. The van der Waals surface area contributed by atoms with Crippen molar-refractivity contribution in [2.24, 2.45) is 11.7 Å². The third-order valence-corrected chi connectivity index (χ3v) is 4.07. The molecule has 0 aliphatic heterocycles. The number of hydrogen-bond acceptors (Lipinski definition) is 3. The summed E-state index contributed by atoms with van der Waals surface area (Å²) in [5.41, 5.74) is 7.06. The topological polar surface area (TPSA) is 72.2 Å². The van der Waals surface area contributed by atoms with Crippen molar-refractivity contribution in [2.45, 2.75) is 19.4 Å². The van der Waals surface area contributed by atoms with Crippen LogP contribution in [0.1, 0.15) is 18.4 Å². The number of sulfonamides is 1. The predicted octanol–water partition coefficient (Wildman–Crippen LogP) is 1.30. The molecule has 1 saturated carbocycles. The molecule has 0 bridgehead atoms. The Bertz CT molecular complexity index is 449. The van der Waals surface area contributed by atoms with Gasteiger partial charge in [-0.2, -0.15) is 0 Å². The number of anilines is 1. The summed E-state index contributed by atoms with van der Waals surface area (Å²) in [6, 6.07) is 7.14. The van der Waals surface area contributed by atoms with Crippen LogP contribution in [0.4, 0.5) is 5.69 Å². The molecule has 0 heterocycles. The lowest BCUT2D eigenvalue weighted by Gasteiger charge is -2.07. The molecule has 0 radical (unpaired) electrons. The number of nitrogens with two attached hydrogens (primary N) is 1. The summed E-state index contributed by atoms with van der Waals surface area (Å²) in [6.45, 7) is 0.467. The summed E-state index contributed by atoms with van der Waals surface area (Å²) < 4.78 is 25.9. The molecule has 1 aromatic carbocycles. The van der Waals surface area contributed by atoms with E-state index < -0.39 is 10.0 Å². The fourth-order valence-corrected chi connectivity index (χ4v) is 3.06. The van der Waals surface area contributed by atoms with Gasteiger partial charge in [-0.15, -0.1) is 0 Å². The number of rotatable bonds is 5. The zero-order valence-corrected chi connectivity index (χ0v) is 9.83. The van der Waals surface area contributed by atoms with Gasteiger partial charge in [-0.25, -0.2) is 8.42 Å². The van der Waals surface area contributed by atoms with Crippen molar-refractivity contribution in [1.29, 1.82) is 0 Å². The summed E-state index contributed by atoms with van der Waals surface area (Å²) in [7, 11) is -3.17. The molecule has 4 nitrogen and oxygen atoms in total. The normalized spacial score (nSPS) is 16.1. The highest BCUT2D eigenvalue weighted by Crippen LogP contribution is 2.30. The van der Waals surface area contributed by atoms with Crippen molar-refractivity contribution in [3.05, 3.63) is 29.8 Å². The Morgan fingerprint density at radius 1 is 1.25 bits per heavy atom. The van der Waals surface area contributed by atoms with Crippen LogP contribution in [0.2, 0.25) is 0 Å². The zero-order valence-electron chi connectivity index (χ0n) is 9.02. The van der Waals surface area contributed by atoms with Crippen LogP contribution in [-0.2, 0) is 16.6 Å². The first-order valence-electron chi connectivity index (χ1n) is 5.38. The van der Waals surface area contributed by atoms with Gasteiger partial charge in [-0.1, -0.05) is 12.1 Å². The van der Waals surface area contributed by atoms with E-state index in [0.717, 1.165) is 18.4 Å². The highest BCUT2D eigenvalue weighted by atomic mass is 32.2. The maximum atomic E-state index is 11.7. The first-order chi connectivity index (χ1) is 7.59. The van der Waals surface area contributed by atoms with Crippen molar-refractivity contribution in [2.75, 3.05) is 10.5 Å². The standard InChI is InChI=1S/C11H16N2O2S/c12-7-9-3-5-11(6-4-9)13-16(14,15)8-10-1-2-10/h3-6,10,13H,1-2,7-8,12H2. The van der Waals surface area contributed by atoms with Crippen LogP contribution in [-0.4, -0.2) is 14.2 Å². The molecule has 2 rings (SSSR count). The van der Waals surface area contributed by atoms with Crippen LogP contribution in [0.25, 0.3) is 0 Å². The Hall–Kier alpha value is -1.07. The molecule has 88 valence electrons. The summed E-state index contributed by atoms with van der Waals surface area (Å²) in [4.78, 5) is 0. The minimum Gasteiger partial charge on any atom is -0.326 e. The van der Waals surface area contributed by atoms with E-state index in [1.807, 2.05) is 12.1 Å². The lowest BCUT2D eigenvalue weighted by Crippen LogP contribution is -2.17. The number of benzene rings is 1. The molecule has 1 aliphatic carbocycles. The van der Waals surface area contributed by atoms with E-state index in [0.29, 0.717) is 18.2 Å². The van der Waals surface area contributed by atoms with Crippen molar-refractivity contribution in [1.82, 2.24) is 0 Å². The predicted molar refractivity (Wildman–Crippen MR) is 64.5 cm³/mol. The van der Waals surface area contributed by atoms with Gasteiger partial charge in [0, 0.05) is 12.2 Å². The van der Waals surface area contributed by atoms with Gasteiger partial charge in [-0.3, -0.25) is 4.72 Å². The Kier molecular flexibility index (Phi) is 3.16. The highest BCUT2D eigenvalue weighted by Gasteiger charge is 2.27. The van der Waals surface area contributed by atoms with E-state index >= 15 is 0 Å². The molecular formula is C11H16N2O2S. The van der Waals surface area contributed by atoms with E-state index in [-0.39, 0.29) is 5.75 Å². The molecule has 0 unspecified atom stereocenters. The van der Waals surface area contributed by atoms with Gasteiger partial charge in [0.2, 0.25) is 10.0 Å². The molecular weight excluding hydrogens is 224 g/mol. The Labute approximate surface area is 95.9 Å². The van der Waals surface area contributed by atoms with Gasteiger partial charge in [0.05, 0.1) is 5.75 Å². The number of nitrogens with one attached hydrogen (secondary N) is 1. The van der Waals surface area contributed by atoms with Crippen molar-refractivity contribution in [3.8, 4) is 0 Å². The summed E-state index contributed by atoms with van der Waals surface area (Å²) in [5.74, 6) is 0.604. The first-order valence-corrected chi connectivity index (χ1v) is 7.04. The maximum absolute atomic E-state index is 11.7. The molecule has 0 saturated heterocycles. The second-order valence-electron chi connectivity index (χ2n) is 4.23. The SMILES string of the molecule is NCc1ccc(NS(=O)(=O)CC2CC2)cc1. The Morgan fingerprint density at radius 3 is 2.38 bits per heavy atom. The molecule has 1 aliphatic rings. The number of hydrogen-bond donors (Lipinski definition) is 2. The molecule has 0 amide bonds. The first kappa shape index (κ1) is 11.4. The minimum absolute atomic E-state index is 0.242. The van der Waals surface area contributed by atoms with E-state index in [4.69, 9.17) is 5.73 Å². The molecule has 0 aromatic heterocycles. The van der Waals surface area contributed by atoms with E-state index in [9.17, 15) is 8.42 Å². The molecule has 3 N–H and O–H groups in total. The van der Waals surface area contributed by atoms with Gasteiger partial charge in [0.25, 0.3) is 0 Å². The molecule has 5 heteroatoms. The van der Waals surface area contributed by atoms with Gasteiger partial charge in [0.15, 0.2) is 0 Å². The van der Waals surface area contributed by atoms with Gasteiger partial charge in [-0.05, 0) is 36.5 Å². The smallest absolute Gasteiger partial charge is 0.232 e. The molecule has 0 atom stereocenters. The maximum Gasteiger partial charge on any atom is 0.232 e. The third-order valence-electron chi connectivity index (χ3n) is 2.62. The largest absolute Gasteiger partial charge is 0.326 e. The molecule has 16 heavy (non-hydrogen) atoms. The van der Waals surface area contributed by atoms with Crippen LogP contribution in [0.3, 0.4) is 0 Å². The zero-order chi connectivity index (χ0) is 11.6. The van der Waals surface area contributed by atoms with E-state index in [2.05, 4.69) is 4.72 Å². The average molecular weight is 240 g/mol. The highest BCUT2D eigenvalue weighted by molar-refractivity contribution is 7.92. The van der Waals surface area contributed by atoms with Crippen molar-refractivity contribution < 1.29 is 8.42 Å². The summed E-state index contributed by atoms with van der Waals surface area (Å²) in [5, 5.41) is 0. The van der Waals surface area contributed by atoms with Crippen LogP contribution in [0.5, 0.6) is 0 Å².